The number of hydrogen-bond acceptors (Lipinski definition) is 4. The van der Waals surface area contributed by atoms with Crippen LogP contribution >= 0.6 is 7.82 Å². The highest BCUT2D eigenvalue weighted by molar-refractivity contribution is 7.48. The van der Waals surface area contributed by atoms with Crippen LogP contribution in [0.5, 0.6) is 0 Å². The fraction of sp³-hybridized carbons (Fsp3) is 1.00. The minimum atomic E-state index is -3.41. The van der Waals surface area contributed by atoms with Crippen molar-refractivity contribution in [3.05, 3.63) is 0 Å². The molecule has 0 saturated heterocycles. The molecule has 0 amide bonds. The summed E-state index contributed by atoms with van der Waals surface area (Å²) >= 11 is 0. The number of hydrogen-bond donors (Lipinski definition) is 0. The Hall–Kier alpha value is 0.110. The van der Waals surface area contributed by atoms with Gasteiger partial charge in [-0.15, -0.1) is 0 Å². The average Bonchev–Trinajstić information content (AvgIpc) is 3.20. The van der Waals surface area contributed by atoms with Gasteiger partial charge in [-0.1, -0.05) is 0 Å². The van der Waals surface area contributed by atoms with E-state index >= 15 is 0 Å². The van der Waals surface area contributed by atoms with Crippen molar-refractivity contribution in [2.24, 2.45) is 65.1 Å². The largest absolute Gasteiger partial charge is 0.475 e. The summed E-state index contributed by atoms with van der Waals surface area (Å²) in [4.78, 5) is 0. The molecular weight excluding hydrogens is 311 g/mol. The summed E-state index contributed by atoms with van der Waals surface area (Å²) in [5.41, 5.74) is -0.133. The quantitative estimate of drug-likeness (QED) is 0.696. The SMILES string of the molecule is CCOP(=O)(OCC)O[C@]12[C@H]3[C@H]4C[C@@H]1[C@@H]1[C@H]4[C@H]4[C@H]5C[C@H]([C@H]43)[C@H]2[C@@H]51. The summed E-state index contributed by atoms with van der Waals surface area (Å²) in [6.45, 7) is 4.55. The van der Waals surface area contributed by atoms with Crippen LogP contribution in [-0.2, 0) is 18.1 Å². The van der Waals surface area contributed by atoms with E-state index in [0.717, 1.165) is 47.3 Å². The molecule has 0 unspecified atom stereocenters. The van der Waals surface area contributed by atoms with E-state index in [1.165, 1.54) is 12.8 Å². The highest BCUT2D eigenvalue weighted by Crippen LogP contribution is 2.95. The van der Waals surface area contributed by atoms with Crippen molar-refractivity contribution >= 4 is 7.82 Å². The van der Waals surface area contributed by atoms with Crippen LogP contribution in [-0.4, -0.2) is 18.8 Å². The van der Waals surface area contributed by atoms with Crippen LogP contribution in [0.2, 0.25) is 0 Å². The Kier molecular flexibility index (Phi) is 2.10. The summed E-state index contributed by atoms with van der Waals surface area (Å²) in [6, 6.07) is 0. The van der Waals surface area contributed by atoms with Crippen molar-refractivity contribution in [2.75, 3.05) is 13.2 Å². The average molecular weight is 336 g/mol. The molecule has 0 aromatic rings. The molecule has 8 rings (SSSR count). The maximum absolute atomic E-state index is 13.2. The van der Waals surface area contributed by atoms with E-state index in [2.05, 4.69) is 0 Å². The fourth-order valence-electron chi connectivity index (χ4n) is 10.3. The molecular formula is C18H25O4P. The van der Waals surface area contributed by atoms with E-state index in [1.807, 2.05) is 13.8 Å². The lowest BCUT2D eigenvalue weighted by molar-refractivity contribution is -0.0599. The van der Waals surface area contributed by atoms with Crippen LogP contribution in [0.15, 0.2) is 0 Å². The molecule has 0 aromatic heterocycles. The minimum absolute atomic E-state index is 0.133. The highest BCUT2D eigenvalue weighted by atomic mass is 31.2. The van der Waals surface area contributed by atoms with Gasteiger partial charge in [0.25, 0.3) is 0 Å². The van der Waals surface area contributed by atoms with Crippen molar-refractivity contribution in [2.45, 2.75) is 32.3 Å². The molecule has 8 aliphatic rings. The summed E-state index contributed by atoms with van der Waals surface area (Å²) < 4.78 is 31.0. The molecule has 8 aliphatic carbocycles. The molecule has 23 heavy (non-hydrogen) atoms. The van der Waals surface area contributed by atoms with Crippen molar-refractivity contribution in [1.29, 1.82) is 0 Å². The van der Waals surface area contributed by atoms with Gasteiger partial charge in [0.2, 0.25) is 0 Å². The molecule has 0 heterocycles. The number of rotatable bonds is 6. The number of phosphoric acid groups is 1. The van der Waals surface area contributed by atoms with Gasteiger partial charge in [-0.3, -0.25) is 13.6 Å². The van der Waals surface area contributed by atoms with Crippen molar-refractivity contribution in [3.8, 4) is 0 Å². The van der Waals surface area contributed by atoms with Gasteiger partial charge in [0.1, 0.15) is 0 Å². The van der Waals surface area contributed by atoms with Crippen LogP contribution in [0.1, 0.15) is 26.7 Å². The third-order valence-electron chi connectivity index (χ3n) is 9.51. The van der Waals surface area contributed by atoms with Crippen LogP contribution in [0.4, 0.5) is 0 Å². The summed E-state index contributed by atoms with van der Waals surface area (Å²) in [6.07, 6.45) is 2.80. The zero-order valence-corrected chi connectivity index (χ0v) is 14.7. The predicted octanol–water partition coefficient (Wildman–Crippen LogP) is 3.58. The van der Waals surface area contributed by atoms with Gasteiger partial charge >= 0.3 is 7.82 Å². The Morgan fingerprint density at radius 3 is 2.17 bits per heavy atom. The third kappa shape index (κ3) is 1.05. The summed E-state index contributed by atoms with van der Waals surface area (Å²) in [5.74, 6) is 9.47. The molecule has 12 atom stereocenters. The second kappa shape index (κ2) is 3.63. The molecule has 126 valence electrons. The van der Waals surface area contributed by atoms with E-state index < -0.39 is 7.82 Å². The Labute approximate surface area is 137 Å². The molecule has 0 radical (unpaired) electrons. The number of phosphoric ester groups is 1. The standard InChI is InChI=1S/C18H25O4P/c1-3-20-23(19,21-4-2)22-18-10-6-9-12-11-7-5-8(14(11)17(9)18)16(18)13(7)15(10)12/h7-17H,3-6H2,1-2H3/t7-,8-,9+,10-,11-,12-,13+,14-,15-,16+,17+,18-/m1/s1. The summed E-state index contributed by atoms with van der Waals surface area (Å²) in [7, 11) is -3.41. The zero-order chi connectivity index (χ0) is 15.3. The first-order valence-corrected chi connectivity index (χ1v) is 11.2. The van der Waals surface area contributed by atoms with E-state index in [4.69, 9.17) is 13.6 Å². The molecule has 5 heteroatoms. The van der Waals surface area contributed by atoms with Gasteiger partial charge in [0.15, 0.2) is 0 Å². The molecule has 8 fully saturated rings. The first-order chi connectivity index (χ1) is 11.2. The molecule has 8 saturated carbocycles. The van der Waals surface area contributed by atoms with Crippen molar-refractivity contribution < 1.29 is 18.1 Å². The zero-order valence-electron chi connectivity index (χ0n) is 13.8. The van der Waals surface area contributed by atoms with E-state index in [1.54, 1.807) is 0 Å². The topological polar surface area (TPSA) is 44.8 Å². The van der Waals surface area contributed by atoms with E-state index in [0.29, 0.717) is 31.0 Å². The maximum Gasteiger partial charge on any atom is 0.475 e. The Balaban J connectivity index is 1.38. The van der Waals surface area contributed by atoms with Gasteiger partial charge in [0, 0.05) is 0 Å². The lowest BCUT2D eigenvalue weighted by atomic mass is 9.76. The predicted molar refractivity (Wildman–Crippen MR) is 82.3 cm³/mol. The van der Waals surface area contributed by atoms with Gasteiger partial charge in [-0.25, -0.2) is 4.57 Å². The van der Waals surface area contributed by atoms with Gasteiger partial charge < -0.3 is 0 Å². The lowest BCUT2D eigenvalue weighted by Gasteiger charge is -2.40. The first kappa shape index (κ1) is 13.3. The van der Waals surface area contributed by atoms with E-state index in [-0.39, 0.29) is 5.60 Å². The molecule has 4 bridgehead atoms. The normalized spacial score (nSPS) is 67.1. The fourth-order valence-corrected chi connectivity index (χ4v) is 11.9. The first-order valence-electron chi connectivity index (χ1n) is 9.76. The van der Waals surface area contributed by atoms with Crippen LogP contribution in [0.3, 0.4) is 0 Å². The summed E-state index contributed by atoms with van der Waals surface area (Å²) in [5, 5.41) is 0. The minimum Gasteiger partial charge on any atom is -0.287 e. The molecule has 0 aliphatic heterocycles. The van der Waals surface area contributed by atoms with Crippen LogP contribution in [0.25, 0.3) is 0 Å². The van der Waals surface area contributed by atoms with Gasteiger partial charge in [-0.05, 0) is 91.8 Å². The van der Waals surface area contributed by atoms with Crippen molar-refractivity contribution in [1.82, 2.24) is 0 Å². The Morgan fingerprint density at radius 1 is 0.870 bits per heavy atom. The highest BCUT2D eigenvalue weighted by Gasteiger charge is 2.94. The second-order valence-corrected chi connectivity index (χ2v) is 10.8. The van der Waals surface area contributed by atoms with Gasteiger partial charge in [-0.2, -0.15) is 0 Å². The lowest BCUT2D eigenvalue weighted by Crippen LogP contribution is -2.44. The smallest absolute Gasteiger partial charge is 0.287 e. The Bertz CT molecular complexity index is 643. The molecule has 0 N–H and O–H groups in total. The van der Waals surface area contributed by atoms with Crippen LogP contribution < -0.4 is 0 Å². The van der Waals surface area contributed by atoms with E-state index in [9.17, 15) is 4.57 Å². The van der Waals surface area contributed by atoms with Crippen LogP contribution in [0, 0.1) is 65.1 Å². The Morgan fingerprint density at radius 2 is 1.48 bits per heavy atom. The molecule has 4 nitrogen and oxygen atoms in total. The third-order valence-corrected chi connectivity index (χ3v) is 11.2. The molecule has 0 aromatic carbocycles. The molecule has 0 spiro atoms. The van der Waals surface area contributed by atoms with Crippen molar-refractivity contribution in [3.63, 3.8) is 0 Å². The monoisotopic (exact) mass is 336 g/mol. The van der Waals surface area contributed by atoms with Gasteiger partial charge in [0.05, 0.1) is 18.8 Å². The maximum atomic E-state index is 13.2. The second-order valence-electron chi connectivity index (χ2n) is 9.24.